The first-order valence-electron chi connectivity index (χ1n) is 6.34. The molecule has 0 saturated carbocycles. The minimum absolute atomic E-state index is 0.325. The molecule has 0 aliphatic carbocycles. The summed E-state index contributed by atoms with van der Waals surface area (Å²) in [5, 5.41) is 8.73. The van der Waals surface area contributed by atoms with Crippen LogP contribution >= 0.6 is 0 Å². The Balaban J connectivity index is 3.33. The maximum Gasteiger partial charge on any atom is 0.339 e. The molecule has 1 N–H and O–H groups in total. The lowest BCUT2D eigenvalue weighted by Crippen LogP contribution is -1.99. The van der Waals surface area contributed by atoms with Crippen LogP contribution in [-0.4, -0.2) is 11.1 Å². The minimum atomic E-state index is -0.877. The molecule has 0 unspecified atom stereocenters. The third-order valence-corrected chi connectivity index (χ3v) is 2.75. The molecule has 0 aromatic heterocycles. The van der Waals surface area contributed by atoms with E-state index in [4.69, 9.17) is 5.11 Å². The molecule has 0 rings (SSSR count). The highest BCUT2D eigenvalue weighted by Gasteiger charge is 2.04. The maximum atomic E-state index is 10.6. The molecule has 0 atom stereocenters. The van der Waals surface area contributed by atoms with Crippen LogP contribution in [-0.2, 0) is 4.79 Å². The van der Waals surface area contributed by atoms with Crippen molar-refractivity contribution < 1.29 is 9.90 Å². The number of aliphatic carboxylic acids is 1. The molecule has 2 heteroatoms. The Hall–Kier alpha value is -1.01. The fourth-order valence-electron chi connectivity index (χ4n) is 1.71. The molecule has 2 nitrogen and oxygen atoms in total. The molecule has 16 heavy (non-hydrogen) atoms. The standard InChI is InChI=1S/C14H24O2/c1-3-5-6-7-8-9-10-11-12-13(4-2)14(15)16/h2-3,5-12H2,1H3,(H,15,16). The lowest BCUT2D eigenvalue weighted by Gasteiger charge is -2.01. The van der Waals surface area contributed by atoms with Crippen LogP contribution in [0.3, 0.4) is 0 Å². The molecule has 0 amide bonds. The highest BCUT2D eigenvalue weighted by Crippen LogP contribution is 2.12. The van der Waals surface area contributed by atoms with Gasteiger partial charge in [0.05, 0.1) is 5.57 Å². The van der Waals surface area contributed by atoms with Crippen molar-refractivity contribution in [1.29, 1.82) is 0 Å². The van der Waals surface area contributed by atoms with Crippen molar-refractivity contribution in [2.24, 2.45) is 0 Å². The third kappa shape index (κ3) is 8.31. The Morgan fingerprint density at radius 2 is 1.56 bits per heavy atom. The van der Waals surface area contributed by atoms with Gasteiger partial charge in [-0.2, -0.15) is 0 Å². The lowest BCUT2D eigenvalue weighted by molar-refractivity contribution is -0.132. The van der Waals surface area contributed by atoms with Crippen molar-refractivity contribution in [3.63, 3.8) is 0 Å². The first-order chi connectivity index (χ1) is 7.72. The Kier molecular flexibility index (Phi) is 9.84. The van der Waals surface area contributed by atoms with Gasteiger partial charge in [-0.05, 0) is 12.8 Å². The summed E-state index contributed by atoms with van der Waals surface area (Å²) >= 11 is 0. The van der Waals surface area contributed by atoms with Gasteiger partial charge in [0.25, 0.3) is 0 Å². The molecule has 0 aliphatic heterocycles. The summed E-state index contributed by atoms with van der Waals surface area (Å²) in [6, 6.07) is 0. The van der Waals surface area contributed by atoms with Gasteiger partial charge in [0.1, 0.15) is 0 Å². The Morgan fingerprint density at radius 1 is 1.06 bits per heavy atom. The Bertz CT molecular complexity index is 237. The summed E-state index contributed by atoms with van der Waals surface area (Å²) in [6.07, 6.45) is 10.4. The average Bonchev–Trinajstić information content (AvgIpc) is 2.26. The van der Waals surface area contributed by atoms with Gasteiger partial charge in [-0.3, -0.25) is 0 Å². The zero-order valence-corrected chi connectivity index (χ0v) is 10.4. The van der Waals surface area contributed by atoms with E-state index in [1.807, 2.05) is 0 Å². The molecule has 0 radical (unpaired) electrons. The minimum Gasteiger partial charge on any atom is -0.477 e. The molecular formula is C14H24O2. The van der Waals surface area contributed by atoms with Gasteiger partial charge < -0.3 is 5.11 Å². The van der Waals surface area contributed by atoms with Crippen LogP contribution in [0.5, 0.6) is 0 Å². The number of carboxylic acid groups (broad SMARTS) is 1. The zero-order chi connectivity index (χ0) is 12.2. The first kappa shape index (κ1) is 15.0. The summed E-state index contributed by atoms with van der Waals surface area (Å²) in [6.45, 7) is 5.61. The number of carbonyl (C=O) groups is 1. The first-order valence-corrected chi connectivity index (χ1v) is 6.34. The van der Waals surface area contributed by atoms with Crippen molar-refractivity contribution >= 4 is 5.97 Å². The average molecular weight is 224 g/mol. The van der Waals surface area contributed by atoms with Crippen LogP contribution in [0.15, 0.2) is 17.9 Å². The molecular weight excluding hydrogens is 200 g/mol. The van der Waals surface area contributed by atoms with E-state index in [9.17, 15) is 4.79 Å². The predicted molar refractivity (Wildman–Crippen MR) is 67.5 cm³/mol. The maximum absolute atomic E-state index is 10.6. The van der Waals surface area contributed by atoms with E-state index in [-0.39, 0.29) is 0 Å². The van der Waals surface area contributed by atoms with E-state index >= 15 is 0 Å². The molecule has 92 valence electrons. The van der Waals surface area contributed by atoms with Crippen LogP contribution in [0.2, 0.25) is 0 Å². The van der Waals surface area contributed by atoms with E-state index in [1.54, 1.807) is 0 Å². The molecule has 0 heterocycles. The van der Waals surface area contributed by atoms with Crippen LogP contribution < -0.4 is 0 Å². The number of rotatable bonds is 10. The number of carboxylic acids is 1. The van der Waals surface area contributed by atoms with E-state index in [0.29, 0.717) is 12.0 Å². The molecule has 0 aromatic carbocycles. The van der Waals surface area contributed by atoms with Crippen LogP contribution in [0.25, 0.3) is 0 Å². The smallest absolute Gasteiger partial charge is 0.339 e. The van der Waals surface area contributed by atoms with Crippen molar-refractivity contribution in [2.75, 3.05) is 0 Å². The topological polar surface area (TPSA) is 37.3 Å². The summed E-state index contributed by atoms with van der Waals surface area (Å²) in [7, 11) is 0. The van der Waals surface area contributed by atoms with Crippen LogP contribution in [0.4, 0.5) is 0 Å². The monoisotopic (exact) mass is 224 g/mol. The van der Waals surface area contributed by atoms with E-state index < -0.39 is 5.97 Å². The van der Waals surface area contributed by atoms with Gasteiger partial charge in [-0.15, -0.1) is 5.73 Å². The SMILES string of the molecule is C=C=C(CCCCCCCCCC)C(=O)O. The second-order valence-corrected chi connectivity index (χ2v) is 4.19. The van der Waals surface area contributed by atoms with Crippen LogP contribution in [0.1, 0.15) is 64.7 Å². The number of hydrogen-bond donors (Lipinski definition) is 1. The Labute approximate surface area is 99.1 Å². The van der Waals surface area contributed by atoms with Gasteiger partial charge in [-0.1, -0.05) is 58.4 Å². The predicted octanol–water partition coefficient (Wildman–Crippen LogP) is 4.31. The van der Waals surface area contributed by atoms with Gasteiger partial charge in [0, 0.05) is 0 Å². The van der Waals surface area contributed by atoms with Crippen molar-refractivity contribution in [3.05, 3.63) is 17.9 Å². The largest absolute Gasteiger partial charge is 0.477 e. The second-order valence-electron chi connectivity index (χ2n) is 4.19. The highest BCUT2D eigenvalue weighted by molar-refractivity contribution is 5.86. The van der Waals surface area contributed by atoms with E-state index in [2.05, 4.69) is 19.2 Å². The van der Waals surface area contributed by atoms with Gasteiger partial charge in [-0.25, -0.2) is 4.79 Å². The van der Waals surface area contributed by atoms with Crippen molar-refractivity contribution in [2.45, 2.75) is 64.7 Å². The third-order valence-electron chi connectivity index (χ3n) is 2.75. The normalized spacial score (nSPS) is 9.81. The molecule has 0 bridgehead atoms. The molecule has 0 aromatic rings. The van der Waals surface area contributed by atoms with Crippen molar-refractivity contribution in [1.82, 2.24) is 0 Å². The van der Waals surface area contributed by atoms with Gasteiger partial charge >= 0.3 is 5.97 Å². The quantitative estimate of drug-likeness (QED) is 0.341. The summed E-state index contributed by atoms with van der Waals surface area (Å²) in [5.41, 5.74) is 2.81. The lowest BCUT2D eigenvalue weighted by atomic mass is 10.0. The van der Waals surface area contributed by atoms with Crippen molar-refractivity contribution in [3.8, 4) is 0 Å². The number of unbranched alkanes of at least 4 members (excludes halogenated alkanes) is 7. The fourth-order valence-corrected chi connectivity index (χ4v) is 1.71. The Morgan fingerprint density at radius 3 is 2.00 bits per heavy atom. The molecule has 0 saturated heterocycles. The van der Waals surface area contributed by atoms with Gasteiger partial charge in [0.2, 0.25) is 0 Å². The second kappa shape index (κ2) is 10.5. The summed E-state index contributed by atoms with van der Waals surface area (Å²) in [4.78, 5) is 10.6. The fraction of sp³-hybridized carbons (Fsp3) is 0.714. The highest BCUT2D eigenvalue weighted by atomic mass is 16.4. The summed E-state index contributed by atoms with van der Waals surface area (Å²) in [5.74, 6) is -0.877. The molecule has 0 aliphatic rings. The summed E-state index contributed by atoms with van der Waals surface area (Å²) < 4.78 is 0. The van der Waals surface area contributed by atoms with Gasteiger partial charge in [0.15, 0.2) is 0 Å². The number of hydrogen-bond acceptors (Lipinski definition) is 1. The van der Waals surface area contributed by atoms with E-state index in [0.717, 1.165) is 12.8 Å². The molecule has 0 spiro atoms. The van der Waals surface area contributed by atoms with Crippen LogP contribution in [0, 0.1) is 0 Å². The molecule has 0 fully saturated rings. The zero-order valence-electron chi connectivity index (χ0n) is 10.4. The van der Waals surface area contributed by atoms with E-state index in [1.165, 1.54) is 38.5 Å².